The maximum atomic E-state index is 12.3. The van der Waals surface area contributed by atoms with Crippen LogP contribution in [0, 0.1) is 13.7 Å². The van der Waals surface area contributed by atoms with E-state index in [0.717, 1.165) is 10.5 Å². The third kappa shape index (κ3) is 3.74. The zero-order valence-electron chi connectivity index (χ0n) is 11.2. The first-order chi connectivity index (χ1) is 10.4. The highest BCUT2D eigenvalue weighted by atomic mass is 127. The highest BCUT2D eigenvalue weighted by molar-refractivity contribution is 14.1. The monoisotopic (exact) mass is 477 g/mol. The van der Waals surface area contributed by atoms with Gasteiger partial charge in [0.05, 0.1) is 23.7 Å². The summed E-state index contributed by atoms with van der Waals surface area (Å²) in [6.45, 7) is 0. The molecule has 0 heterocycles. The quantitative estimate of drug-likeness (QED) is 0.217. The van der Waals surface area contributed by atoms with Crippen LogP contribution in [0.15, 0.2) is 40.9 Å². The van der Waals surface area contributed by atoms with Gasteiger partial charge in [-0.2, -0.15) is 0 Å². The van der Waals surface area contributed by atoms with E-state index >= 15 is 0 Å². The van der Waals surface area contributed by atoms with E-state index in [1.807, 2.05) is 22.6 Å². The number of ether oxygens (including phenoxy) is 2. The highest BCUT2D eigenvalue weighted by Gasteiger charge is 2.18. The molecule has 6 nitrogen and oxygen atoms in total. The molecule has 0 aliphatic rings. The van der Waals surface area contributed by atoms with Crippen molar-refractivity contribution in [2.45, 2.75) is 0 Å². The van der Waals surface area contributed by atoms with Gasteiger partial charge in [0.1, 0.15) is 0 Å². The number of non-ortho nitro benzene ring substituents is 1. The van der Waals surface area contributed by atoms with Crippen molar-refractivity contribution < 1.29 is 19.2 Å². The maximum absolute atomic E-state index is 12.3. The Morgan fingerprint density at radius 1 is 1.23 bits per heavy atom. The van der Waals surface area contributed by atoms with Gasteiger partial charge in [-0.3, -0.25) is 10.1 Å². The summed E-state index contributed by atoms with van der Waals surface area (Å²) in [6, 6.07) is 8.99. The Bertz CT molecular complexity index is 750. The average molecular weight is 478 g/mol. The second-order valence-electron chi connectivity index (χ2n) is 4.11. The minimum atomic E-state index is -0.621. The molecular formula is C14H9BrINO5. The normalized spacial score (nSPS) is 10.1. The maximum Gasteiger partial charge on any atom is 0.344 e. The van der Waals surface area contributed by atoms with Crippen LogP contribution in [0.4, 0.5) is 5.69 Å². The molecule has 2 aromatic carbocycles. The molecule has 0 saturated heterocycles. The number of benzene rings is 2. The summed E-state index contributed by atoms with van der Waals surface area (Å²) < 4.78 is 11.7. The Labute approximate surface area is 147 Å². The Morgan fingerprint density at radius 2 is 1.95 bits per heavy atom. The van der Waals surface area contributed by atoms with E-state index in [0.29, 0.717) is 9.13 Å². The molecule has 0 spiro atoms. The van der Waals surface area contributed by atoms with Gasteiger partial charge in [-0.15, -0.1) is 0 Å². The number of hydrogen-bond donors (Lipinski definition) is 0. The number of halogens is 2. The van der Waals surface area contributed by atoms with Gasteiger partial charge in [0, 0.05) is 14.1 Å². The largest absolute Gasteiger partial charge is 0.493 e. The van der Waals surface area contributed by atoms with E-state index in [-0.39, 0.29) is 17.2 Å². The first-order valence-electron chi connectivity index (χ1n) is 5.92. The molecular weight excluding hydrogens is 469 g/mol. The van der Waals surface area contributed by atoms with Crippen molar-refractivity contribution in [3.63, 3.8) is 0 Å². The number of methoxy groups -OCH3 is 1. The predicted octanol–water partition coefficient (Wildman–Crippen LogP) is 4.19. The smallest absolute Gasteiger partial charge is 0.344 e. The molecule has 0 saturated carbocycles. The number of nitrogens with zero attached hydrogens (tertiary/aromatic N) is 1. The van der Waals surface area contributed by atoms with E-state index in [2.05, 4.69) is 15.9 Å². The summed E-state index contributed by atoms with van der Waals surface area (Å²) in [5.74, 6) is -0.383. The van der Waals surface area contributed by atoms with Crippen molar-refractivity contribution in [1.82, 2.24) is 0 Å². The lowest BCUT2D eigenvalue weighted by molar-refractivity contribution is -0.384. The van der Waals surface area contributed by atoms with Crippen LogP contribution >= 0.6 is 38.5 Å². The van der Waals surface area contributed by atoms with Gasteiger partial charge in [0.25, 0.3) is 5.69 Å². The lowest BCUT2D eigenvalue weighted by Crippen LogP contribution is -2.11. The molecule has 0 aromatic heterocycles. The summed E-state index contributed by atoms with van der Waals surface area (Å²) in [6.07, 6.45) is 0. The van der Waals surface area contributed by atoms with Crippen molar-refractivity contribution in [1.29, 1.82) is 0 Å². The van der Waals surface area contributed by atoms with Gasteiger partial charge in [-0.1, -0.05) is 15.9 Å². The SMILES string of the molecule is COc1ccc([N+](=O)[O-])cc1OC(=O)c1cc(Br)ccc1I. The fourth-order valence-electron chi connectivity index (χ4n) is 1.67. The van der Waals surface area contributed by atoms with Crippen LogP contribution in [-0.2, 0) is 0 Å². The van der Waals surface area contributed by atoms with Gasteiger partial charge in [-0.25, -0.2) is 4.79 Å². The molecule has 0 N–H and O–H groups in total. The Hall–Kier alpha value is -1.68. The van der Waals surface area contributed by atoms with Crippen molar-refractivity contribution in [3.05, 3.63) is 60.1 Å². The van der Waals surface area contributed by atoms with E-state index in [9.17, 15) is 14.9 Å². The molecule has 0 aliphatic heterocycles. The molecule has 0 atom stereocenters. The molecule has 22 heavy (non-hydrogen) atoms. The zero-order chi connectivity index (χ0) is 16.3. The minimum absolute atomic E-state index is 0.00234. The van der Waals surface area contributed by atoms with Crippen LogP contribution in [-0.4, -0.2) is 18.0 Å². The molecule has 0 bridgehead atoms. The molecule has 0 unspecified atom stereocenters. The second-order valence-corrected chi connectivity index (χ2v) is 6.18. The standard InChI is InChI=1S/C14H9BrINO5/c1-21-12-5-3-9(17(19)20)7-13(12)22-14(18)10-6-8(15)2-4-11(10)16/h2-7H,1H3. The third-order valence-corrected chi connectivity index (χ3v) is 4.14. The fraction of sp³-hybridized carbons (Fsp3) is 0.0714. The van der Waals surface area contributed by atoms with Crippen molar-refractivity contribution in [2.75, 3.05) is 7.11 Å². The summed E-state index contributed by atoms with van der Waals surface area (Å²) in [5.41, 5.74) is 0.163. The second kappa shape index (κ2) is 7.05. The van der Waals surface area contributed by atoms with Crippen molar-refractivity contribution in [2.24, 2.45) is 0 Å². The number of hydrogen-bond acceptors (Lipinski definition) is 5. The number of nitro groups is 1. The summed E-state index contributed by atoms with van der Waals surface area (Å²) in [5, 5.41) is 10.8. The minimum Gasteiger partial charge on any atom is -0.493 e. The van der Waals surface area contributed by atoms with Gasteiger partial charge >= 0.3 is 5.97 Å². The zero-order valence-corrected chi connectivity index (χ0v) is 15.0. The van der Waals surface area contributed by atoms with E-state index in [1.54, 1.807) is 18.2 Å². The lowest BCUT2D eigenvalue weighted by atomic mass is 10.2. The highest BCUT2D eigenvalue weighted by Crippen LogP contribution is 2.32. The number of carbonyl (C=O) groups is 1. The number of rotatable bonds is 4. The number of nitro benzene ring substituents is 1. The first kappa shape index (κ1) is 16.7. The van der Waals surface area contributed by atoms with Gasteiger partial charge in [0.15, 0.2) is 11.5 Å². The molecule has 0 amide bonds. The number of esters is 1. The van der Waals surface area contributed by atoms with Gasteiger partial charge in [0.2, 0.25) is 0 Å². The van der Waals surface area contributed by atoms with Crippen molar-refractivity contribution in [3.8, 4) is 11.5 Å². The lowest BCUT2D eigenvalue weighted by Gasteiger charge is -2.10. The Kier molecular flexibility index (Phi) is 5.35. The molecule has 0 radical (unpaired) electrons. The first-order valence-corrected chi connectivity index (χ1v) is 7.79. The number of carbonyl (C=O) groups excluding carboxylic acids is 1. The van der Waals surface area contributed by atoms with Crippen LogP contribution in [0.2, 0.25) is 0 Å². The summed E-state index contributed by atoms with van der Waals surface area (Å²) >= 11 is 5.29. The average Bonchev–Trinajstić information content (AvgIpc) is 2.49. The molecule has 8 heteroatoms. The van der Waals surface area contributed by atoms with Crippen LogP contribution in [0.1, 0.15) is 10.4 Å². The van der Waals surface area contributed by atoms with Crippen LogP contribution in [0.25, 0.3) is 0 Å². The van der Waals surface area contributed by atoms with Gasteiger partial charge < -0.3 is 9.47 Å². The molecule has 114 valence electrons. The van der Waals surface area contributed by atoms with Crippen LogP contribution < -0.4 is 9.47 Å². The molecule has 0 aliphatic carbocycles. The topological polar surface area (TPSA) is 78.7 Å². The Balaban J connectivity index is 2.36. The molecule has 2 rings (SSSR count). The Morgan fingerprint density at radius 3 is 2.59 bits per heavy atom. The fourth-order valence-corrected chi connectivity index (χ4v) is 2.58. The summed E-state index contributed by atoms with van der Waals surface area (Å²) in [7, 11) is 1.39. The van der Waals surface area contributed by atoms with Gasteiger partial charge in [-0.05, 0) is 46.9 Å². The van der Waals surface area contributed by atoms with E-state index < -0.39 is 10.9 Å². The van der Waals surface area contributed by atoms with Crippen LogP contribution in [0.5, 0.6) is 11.5 Å². The van der Waals surface area contributed by atoms with Crippen LogP contribution in [0.3, 0.4) is 0 Å². The third-order valence-electron chi connectivity index (χ3n) is 2.71. The summed E-state index contributed by atoms with van der Waals surface area (Å²) in [4.78, 5) is 22.5. The van der Waals surface area contributed by atoms with E-state index in [4.69, 9.17) is 9.47 Å². The van der Waals surface area contributed by atoms with E-state index in [1.165, 1.54) is 19.2 Å². The predicted molar refractivity (Wildman–Crippen MR) is 91.5 cm³/mol. The molecule has 0 fully saturated rings. The van der Waals surface area contributed by atoms with Crippen molar-refractivity contribution >= 4 is 50.2 Å². The molecule has 2 aromatic rings.